The number of para-hydroxylation sites is 1. The van der Waals surface area contributed by atoms with E-state index in [1.165, 1.54) is 5.39 Å². The Balaban J connectivity index is 0.000000605. The molecule has 0 saturated heterocycles. The van der Waals surface area contributed by atoms with Crippen molar-refractivity contribution >= 4 is 10.9 Å². The molecule has 2 nitrogen and oxygen atoms in total. The van der Waals surface area contributed by atoms with E-state index in [1.807, 2.05) is 30.5 Å². The largest absolute Gasteiger partial charge is 0.412 e. The molecule has 1 radical (unpaired) electrons. The average molecular weight is 211 g/mol. The molecule has 1 aromatic carbocycles. The fraction of sp³-hybridized carbons (Fsp3) is 0. The van der Waals surface area contributed by atoms with Crippen molar-refractivity contribution in [3.63, 3.8) is 0 Å². The molecule has 2 aromatic rings. The standard InChI is InChI=1S/C9H7N.Cu.H2O/c1-2-6-9-8(4-1)5-3-7-10-9;;/h1-7H;;1H2. The summed E-state index contributed by atoms with van der Waals surface area (Å²) in [5.41, 5.74) is 1.06. The van der Waals surface area contributed by atoms with Crippen molar-refractivity contribution in [1.82, 2.24) is 4.98 Å². The number of nitrogens with zero attached hydrogens (tertiary/aromatic N) is 1. The number of aromatic nitrogens is 1. The minimum atomic E-state index is 0. The van der Waals surface area contributed by atoms with E-state index in [-0.39, 0.29) is 22.5 Å². The van der Waals surface area contributed by atoms with Crippen LogP contribution in [0.15, 0.2) is 42.6 Å². The maximum Gasteiger partial charge on any atom is 0.0701 e. The summed E-state index contributed by atoms with van der Waals surface area (Å²) in [6, 6.07) is 12.1. The van der Waals surface area contributed by atoms with Crippen molar-refractivity contribution in [2.45, 2.75) is 0 Å². The minimum absolute atomic E-state index is 0. The summed E-state index contributed by atoms with van der Waals surface area (Å²) in [5.74, 6) is 0. The molecular weight excluding hydrogens is 202 g/mol. The van der Waals surface area contributed by atoms with E-state index in [0.717, 1.165) is 5.52 Å². The van der Waals surface area contributed by atoms with Gasteiger partial charge in [-0.3, -0.25) is 4.98 Å². The van der Waals surface area contributed by atoms with Crippen LogP contribution in [0.2, 0.25) is 0 Å². The van der Waals surface area contributed by atoms with Gasteiger partial charge in [0.1, 0.15) is 0 Å². The van der Waals surface area contributed by atoms with Gasteiger partial charge in [0.05, 0.1) is 5.52 Å². The summed E-state index contributed by atoms with van der Waals surface area (Å²) in [6.07, 6.45) is 1.81. The van der Waals surface area contributed by atoms with E-state index in [4.69, 9.17) is 0 Å². The molecule has 67 valence electrons. The second-order valence-electron chi connectivity index (χ2n) is 2.20. The summed E-state index contributed by atoms with van der Waals surface area (Å²) in [7, 11) is 0. The normalized spacial score (nSPS) is 8.33. The first-order chi connectivity index (χ1) is 4.97. The number of benzene rings is 1. The molecule has 0 saturated carbocycles. The Morgan fingerprint density at radius 1 is 0.917 bits per heavy atom. The van der Waals surface area contributed by atoms with Crippen molar-refractivity contribution in [2.75, 3.05) is 0 Å². The van der Waals surface area contributed by atoms with Crippen LogP contribution in [-0.2, 0) is 17.1 Å². The van der Waals surface area contributed by atoms with Gasteiger partial charge in [-0.2, -0.15) is 0 Å². The van der Waals surface area contributed by atoms with Gasteiger partial charge in [0, 0.05) is 28.7 Å². The van der Waals surface area contributed by atoms with Crippen LogP contribution in [0.3, 0.4) is 0 Å². The molecule has 0 aliphatic heterocycles. The molecule has 0 aliphatic rings. The zero-order chi connectivity index (χ0) is 6.81. The molecule has 0 atom stereocenters. The van der Waals surface area contributed by atoms with E-state index < -0.39 is 0 Å². The number of fused-ring (bicyclic) bond motifs is 1. The number of hydrogen-bond donors (Lipinski definition) is 0. The third-order valence-electron chi connectivity index (χ3n) is 1.51. The van der Waals surface area contributed by atoms with Crippen LogP contribution in [0.5, 0.6) is 0 Å². The molecule has 2 N–H and O–H groups in total. The van der Waals surface area contributed by atoms with Crippen LogP contribution >= 0.6 is 0 Å². The Hall–Kier alpha value is -0.891. The maximum atomic E-state index is 4.18. The first-order valence-corrected chi connectivity index (χ1v) is 3.26. The van der Waals surface area contributed by atoms with Crippen molar-refractivity contribution < 1.29 is 22.5 Å². The maximum absolute atomic E-state index is 4.18. The number of hydrogen-bond acceptors (Lipinski definition) is 1. The minimum Gasteiger partial charge on any atom is -0.412 e. The Labute approximate surface area is 81.4 Å². The van der Waals surface area contributed by atoms with Gasteiger partial charge in [-0.05, 0) is 12.1 Å². The fourth-order valence-electron chi connectivity index (χ4n) is 1.02. The van der Waals surface area contributed by atoms with Gasteiger partial charge < -0.3 is 5.48 Å². The van der Waals surface area contributed by atoms with Gasteiger partial charge in [-0.15, -0.1) is 0 Å². The third kappa shape index (κ3) is 2.05. The van der Waals surface area contributed by atoms with Gasteiger partial charge >= 0.3 is 0 Å². The molecule has 2 rings (SSSR count). The van der Waals surface area contributed by atoms with Crippen LogP contribution in [0.4, 0.5) is 0 Å². The van der Waals surface area contributed by atoms with Gasteiger partial charge in [0.25, 0.3) is 0 Å². The van der Waals surface area contributed by atoms with Crippen LogP contribution in [0, 0.1) is 0 Å². The monoisotopic (exact) mass is 210 g/mol. The number of pyridine rings is 1. The first kappa shape index (κ1) is 11.1. The molecule has 12 heavy (non-hydrogen) atoms. The van der Waals surface area contributed by atoms with E-state index >= 15 is 0 Å². The second kappa shape index (κ2) is 4.88. The second-order valence-corrected chi connectivity index (χ2v) is 2.20. The van der Waals surface area contributed by atoms with Gasteiger partial charge in [0.15, 0.2) is 0 Å². The predicted molar refractivity (Wildman–Crippen MR) is 45.4 cm³/mol. The Morgan fingerprint density at radius 3 is 2.33 bits per heavy atom. The van der Waals surface area contributed by atoms with Crippen molar-refractivity contribution in [3.05, 3.63) is 42.6 Å². The molecule has 0 unspecified atom stereocenters. The summed E-state index contributed by atoms with van der Waals surface area (Å²) in [5, 5.41) is 1.20. The van der Waals surface area contributed by atoms with Crippen molar-refractivity contribution in [2.24, 2.45) is 0 Å². The van der Waals surface area contributed by atoms with Crippen LogP contribution < -0.4 is 0 Å². The molecule has 0 bridgehead atoms. The molecular formula is C9H9CuNO. The summed E-state index contributed by atoms with van der Waals surface area (Å²) in [4.78, 5) is 4.18. The number of rotatable bonds is 0. The summed E-state index contributed by atoms with van der Waals surface area (Å²) >= 11 is 0. The van der Waals surface area contributed by atoms with Gasteiger partial charge in [0.2, 0.25) is 0 Å². The third-order valence-corrected chi connectivity index (χ3v) is 1.51. The van der Waals surface area contributed by atoms with E-state index in [0.29, 0.717) is 0 Å². The van der Waals surface area contributed by atoms with E-state index in [2.05, 4.69) is 17.1 Å². The first-order valence-electron chi connectivity index (χ1n) is 3.26. The van der Waals surface area contributed by atoms with Crippen molar-refractivity contribution in [1.29, 1.82) is 0 Å². The smallest absolute Gasteiger partial charge is 0.0701 e. The fourth-order valence-corrected chi connectivity index (χ4v) is 1.02. The SMILES string of the molecule is O.[Cu].c1ccc2ncccc2c1. The van der Waals surface area contributed by atoms with Gasteiger partial charge in [-0.1, -0.05) is 24.3 Å². The predicted octanol–water partition coefficient (Wildman–Crippen LogP) is 1.41. The molecule has 1 aromatic heterocycles. The molecule has 0 spiro atoms. The molecule has 3 heteroatoms. The Bertz CT molecular complexity index is 286. The quantitative estimate of drug-likeness (QED) is 0.607. The Kier molecular flexibility index (Phi) is 4.52. The van der Waals surface area contributed by atoms with Crippen LogP contribution in [0.1, 0.15) is 0 Å². The van der Waals surface area contributed by atoms with E-state index in [1.54, 1.807) is 0 Å². The molecule has 1 heterocycles. The zero-order valence-electron chi connectivity index (χ0n) is 6.29. The molecule has 0 aliphatic carbocycles. The zero-order valence-corrected chi connectivity index (χ0v) is 7.23. The molecule has 0 amide bonds. The molecule has 0 fully saturated rings. The van der Waals surface area contributed by atoms with Crippen LogP contribution in [-0.4, -0.2) is 10.5 Å². The summed E-state index contributed by atoms with van der Waals surface area (Å²) in [6.45, 7) is 0. The van der Waals surface area contributed by atoms with Gasteiger partial charge in [-0.25, -0.2) is 0 Å². The average Bonchev–Trinajstić information content (AvgIpc) is 2.05. The topological polar surface area (TPSA) is 44.4 Å². The van der Waals surface area contributed by atoms with E-state index in [9.17, 15) is 0 Å². The Morgan fingerprint density at radius 2 is 1.58 bits per heavy atom. The summed E-state index contributed by atoms with van der Waals surface area (Å²) < 4.78 is 0. The van der Waals surface area contributed by atoms with Crippen molar-refractivity contribution in [3.8, 4) is 0 Å². The van der Waals surface area contributed by atoms with Crippen LogP contribution in [0.25, 0.3) is 10.9 Å².